The van der Waals surface area contributed by atoms with Crippen molar-refractivity contribution in [2.45, 2.75) is 75.4 Å². The molecule has 1 aromatic heterocycles. The standard InChI is InChI=1S/C39H42N4O/c1-28-40-36-16-7-8-17-37(36)43(28)33-26-31-18-19-32(27-33)42(31)25-22-39(30-12-3-2-4-13-30)20-23-41(24-21-39)38(44)35-15-9-11-29-10-5-6-14-34(29)35/h2-17,31-33H,18-27H2,1H3/t31-,32+,33+. The molecule has 0 saturated carbocycles. The molecule has 5 aromatic rings. The first-order valence-electron chi connectivity index (χ1n) is 16.6. The lowest BCUT2D eigenvalue weighted by Crippen LogP contribution is -2.49. The number of nitrogens with zero attached hydrogens (tertiary/aromatic N) is 4. The Labute approximate surface area is 260 Å². The number of para-hydroxylation sites is 2. The first-order chi connectivity index (χ1) is 21.6. The zero-order valence-electron chi connectivity index (χ0n) is 25.7. The van der Waals surface area contributed by atoms with Gasteiger partial charge in [-0.3, -0.25) is 9.69 Å². The van der Waals surface area contributed by atoms with Crippen LogP contribution in [0.2, 0.25) is 0 Å². The second kappa shape index (κ2) is 11.2. The van der Waals surface area contributed by atoms with Gasteiger partial charge in [-0.1, -0.05) is 78.9 Å². The maximum atomic E-state index is 13.8. The van der Waals surface area contributed by atoms with Gasteiger partial charge in [-0.25, -0.2) is 4.98 Å². The Kier molecular flexibility index (Phi) is 7.02. The quantitative estimate of drug-likeness (QED) is 0.204. The van der Waals surface area contributed by atoms with Crippen LogP contribution in [-0.4, -0.2) is 57.0 Å². The predicted molar refractivity (Wildman–Crippen MR) is 178 cm³/mol. The van der Waals surface area contributed by atoms with Gasteiger partial charge in [0, 0.05) is 36.8 Å². The molecule has 0 radical (unpaired) electrons. The lowest BCUT2D eigenvalue weighted by Gasteiger charge is -2.45. The van der Waals surface area contributed by atoms with E-state index in [1.165, 1.54) is 36.8 Å². The number of rotatable bonds is 6. The van der Waals surface area contributed by atoms with Crippen molar-refractivity contribution in [2.24, 2.45) is 0 Å². The van der Waals surface area contributed by atoms with E-state index in [1.54, 1.807) is 0 Å². The molecule has 3 aliphatic rings. The highest BCUT2D eigenvalue weighted by atomic mass is 16.2. The SMILES string of the molecule is Cc1nc2ccccc2n1[C@H]1C[C@H]2CC[C@@H](C1)N2CCC1(c2ccccc2)CCN(C(=O)c2cccc3ccccc23)CC1. The number of imidazole rings is 1. The molecule has 2 bridgehead atoms. The van der Waals surface area contributed by atoms with Crippen molar-refractivity contribution >= 4 is 27.7 Å². The lowest BCUT2D eigenvalue weighted by molar-refractivity contribution is 0.0608. The molecule has 8 rings (SSSR count). The van der Waals surface area contributed by atoms with E-state index in [0.29, 0.717) is 18.1 Å². The third-order valence-electron chi connectivity index (χ3n) is 11.3. The molecule has 0 N–H and O–H groups in total. The molecule has 224 valence electrons. The van der Waals surface area contributed by atoms with Crippen LogP contribution in [0.1, 0.15) is 72.7 Å². The highest BCUT2D eigenvalue weighted by Gasteiger charge is 2.44. The number of piperidine rings is 2. The first-order valence-corrected chi connectivity index (χ1v) is 16.6. The second-order valence-corrected chi connectivity index (χ2v) is 13.5. The first kappa shape index (κ1) is 27.6. The van der Waals surface area contributed by atoms with Crippen molar-refractivity contribution < 1.29 is 4.79 Å². The fourth-order valence-electron chi connectivity index (χ4n) is 8.99. The molecule has 4 aromatic carbocycles. The Morgan fingerprint density at radius 2 is 1.48 bits per heavy atom. The van der Waals surface area contributed by atoms with Crippen LogP contribution in [0.5, 0.6) is 0 Å². The number of hydrogen-bond donors (Lipinski definition) is 0. The predicted octanol–water partition coefficient (Wildman–Crippen LogP) is 7.93. The van der Waals surface area contributed by atoms with E-state index in [1.807, 2.05) is 24.3 Å². The normalized spacial score (nSPS) is 23.4. The summed E-state index contributed by atoms with van der Waals surface area (Å²) in [5.74, 6) is 1.32. The highest BCUT2D eigenvalue weighted by Crippen LogP contribution is 2.45. The van der Waals surface area contributed by atoms with Gasteiger partial charge < -0.3 is 9.47 Å². The van der Waals surface area contributed by atoms with E-state index in [4.69, 9.17) is 4.98 Å². The summed E-state index contributed by atoms with van der Waals surface area (Å²) < 4.78 is 2.53. The van der Waals surface area contributed by atoms with Crippen LogP contribution in [0.3, 0.4) is 0 Å². The Bertz CT molecular complexity index is 1780. The maximum Gasteiger partial charge on any atom is 0.254 e. The van der Waals surface area contributed by atoms with Crippen LogP contribution in [-0.2, 0) is 5.41 Å². The molecule has 0 aliphatic carbocycles. The summed E-state index contributed by atoms with van der Waals surface area (Å²) in [6.45, 7) is 4.92. The minimum Gasteiger partial charge on any atom is -0.339 e. The van der Waals surface area contributed by atoms with E-state index < -0.39 is 0 Å². The number of amides is 1. The molecule has 5 heteroatoms. The molecule has 4 heterocycles. The Morgan fingerprint density at radius 1 is 0.795 bits per heavy atom. The van der Waals surface area contributed by atoms with Gasteiger partial charge in [0.05, 0.1) is 11.0 Å². The molecule has 3 atom stereocenters. The van der Waals surface area contributed by atoms with Gasteiger partial charge in [-0.2, -0.15) is 0 Å². The molecule has 1 amide bonds. The average molecular weight is 583 g/mol. The number of benzene rings is 4. The summed E-state index contributed by atoms with van der Waals surface area (Å²) in [6.07, 6.45) is 8.21. The Balaban J connectivity index is 0.991. The van der Waals surface area contributed by atoms with Crippen LogP contribution in [0.15, 0.2) is 97.1 Å². The number of aryl methyl sites for hydroxylation is 1. The highest BCUT2D eigenvalue weighted by molar-refractivity contribution is 6.07. The van der Waals surface area contributed by atoms with Crippen LogP contribution in [0.4, 0.5) is 0 Å². The molecule has 3 saturated heterocycles. The molecule has 0 unspecified atom stereocenters. The van der Waals surface area contributed by atoms with Crippen LogP contribution < -0.4 is 0 Å². The number of hydrogen-bond acceptors (Lipinski definition) is 3. The average Bonchev–Trinajstić information content (AvgIpc) is 3.53. The van der Waals surface area contributed by atoms with Crippen molar-refractivity contribution in [3.63, 3.8) is 0 Å². The third kappa shape index (κ3) is 4.73. The van der Waals surface area contributed by atoms with Crippen molar-refractivity contribution in [1.82, 2.24) is 19.4 Å². The van der Waals surface area contributed by atoms with Gasteiger partial charge in [0.2, 0.25) is 0 Å². The minimum absolute atomic E-state index is 0.101. The monoisotopic (exact) mass is 582 g/mol. The zero-order chi connectivity index (χ0) is 29.7. The molecular weight excluding hydrogens is 540 g/mol. The summed E-state index contributed by atoms with van der Waals surface area (Å²) >= 11 is 0. The number of likely N-dealkylation sites (tertiary alicyclic amines) is 1. The van der Waals surface area contributed by atoms with Gasteiger partial charge in [-0.05, 0) is 98.4 Å². The van der Waals surface area contributed by atoms with E-state index >= 15 is 0 Å². The van der Waals surface area contributed by atoms with Gasteiger partial charge in [0.1, 0.15) is 5.82 Å². The van der Waals surface area contributed by atoms with Gasteiger partial charge >= 0.3 is 0 Å². The van der Waals surface area contributed by atoms with Gasteiger partial charge in [0.15, 0.2) is 0 Å². The zero-order valence-corrected chi connectivity index (χ0v) is 25.7. The fraction of sp³-hybridized carbons (Fsp3) is 0.385. The minimum atomic E-state index is 0.101. The molecular formula is C39H42N4O. The molecule has 3 fully saturated rings. The summed E-state index contributed by atoms with van der Waals surface area (Å²) in [4.78, 5) is 23.7. The van der Waals surface area contributed by atoms with E-state index in [2.05, 4.69) is 94.1 Å². The van der Waals surface area contributed by atoms with Crippen molar-refractivity contribution in [3.8, 4) is 0 Å². The Morgan fingerprint density at radius 3 is 2.27 bits per heavy atom. The van der Waals surface area contributed by atoms with Gasteiger partial charge in [0.25, 0.3) is 5.91 Å². The summed E-state index contributed by atoms with van der Waals surface area (Å²) in [6, 6.07) is 36.0. The van der Waals surface area contributed by atoms with Crippen LogP contribution in [0.25, 0.3) is 21.8 Å². The number of aromatic nitrogens is 2. The molecule has 5 nitrogen and oxygen atoms in total. The third-order valence-corrected chi connectivity index (χ3v) is 11.3. The summed E-state index contributed by atoms with van der Waals surface area (Å²) in [5.41, 5.74) is 4.78. The van der Waals surface area contributed by atoms with Crippen molar-refractivity contribution in [3.05, 3.63) is 114 Å². The number of carbonyl (C=O) groups is 1. The molecule has 0 spiro atoms. The number of fused-ring (bicyclic) bond motifs is 4. The summed E-state index contributed by atoms with van der Waals surface area (Å²) in [5, 5.41) is 2.18. The smallest absolute Gasteiger partial charge is 0.254 e. The number of carbonyl (C=O) groups excluding carboxylic acids is 1. The van der Waals surface area contributed by atoms with Crippen molar-refractivity contribution in [1.29, 1.82) is 0 Å². The maximum absolute atomic E-state index is 13.8. The molecule has 44 heavy (non-hydrogen) atoms. The Hall–Kier alpha value is -3.96. The second-order valence-electron chi connectivity index (χ2n) is 13.5. The summed E-state index contributed by atoms with van der Waals surface area (Å²) in [7, 11) is 0. The topological polar surface area (TPSA) is 41.4 Å². The van der Waals surface area contributed by atoms with E-state index in [-0.39, 0.29) is 11.3 Å². The lowest BCUT2D eigenvalue weighted by atomic mass is 9.70. The largest absolute Gasteiger partial charge is 0.339 e. The van der Waals surface area contributed by atoms with Crippen LogP contribution in [0, 0.1) is 6.92 Å². The molecule has 3 aliphatic heterocycles. The van der Waals surface area contributed by atoms with Crippen LogP contribution >= 0.6 is 0 Å². The van der Waals surface area contributed by atoms with E-state index in [9.17, 15) is 4.79 Å². The van der Waals surface area contributed by atoms with Gasteiger partial charge in [-0.15, -0.1) is 0 Å². The van der Waals surface area contributed by atoms with E-state index in [0.717, 1.165) is 66.6 Å². The fourth-order valence-corrected chi connectivity index (χ4v) is 8.99. The van der Waals surface area contributed by atoms with Crippen molar-refractivity contribution in [2.75, 3.05) is 19.6 Å².